The SMILES string of the molecule is CN(C(=O)c1ccc(CNC(=O)OC(C)(C)C)cc1)C1CCC1. The first-order valence-corrected chi connectivity index (χ1v) is 8.09. The highest BCUT2D eigenvalue weighted by atomic mass is 16.6. The fraction of sp³-hybridized carbons (Fsp3) is 0.556. The van der Waals surface area contributed by atoms with Gasteiger partial charge in [-0.3, -0.25) is 4.79 Å². The summed E-state index contributed by atoms with van der Waals surface area (Å²) in [5, 5.41) is 2.71. The average Bonchev–Trinajstić information content (AvgIpc) is 2.41. The normalized spacial score (nSPS) is 14.8. The fourth-order valence-electron chi connectivity index (χ4n) is 2.40. The molecule has 126 valence electrons. The molecule has 5 nitrogen and oxygen atoms in total. The van der Waals surface area contributed by atoms with Crippen LogP contribution in [0.15, 0.2) is 24.3 Å². The first-order valence-electron chi connectivity index (χ1n) is 8.09. The summed E-state index contributed by atoms with van der Waals surface area (Å²) in [6, 6.07) is 7.72. The molecule has 0 spiro atoms. The second-order valence-electron chi connectivity index (χ2n) is 7.05. The molecule has 0 bridgehead atoms. The molecule has 1 fully saturated rings. The minimum atomic E-state index is -0.507. The van der Waals surface area contributed by atoms with Gasteiger partial charge in [-0.2, -0.15) is 0 Å². The summed E-state index contributed by atoms with van der Waals surface area (Å²) in [5.41, 5.74) is 1.10. The van der Waals surface area contributed by atoms with E-state index in [1.54, 1.807) is 0 Å². The smallest absolute Gasteiger partial charge is 0.407 e. The van der Waals surface area contributed by atoms with Crippen LogP contribution in [0.3, 0.4) is 0 Å². The van der Waals surface area contributed by atoms with Crippen molar-refractivity contribution in [2.75, 3.05) is 7.05 Å². The van der Waals surface area contributed by atoms with Crippen molar-refractivity contribution >= 4 is 12.0 Å². The lowest BCUT2D eigenvalue weighted by Gasteiger charge is -2.34. The predicted octanol–water partition coefficient (Wildman–Crippen LogP) is 3.34. The van der Waals surface area contributed by atoms with E-state index in [4.69, 9.17) is 4.74 Å². The molecule has 2 amide bonds. The van der Waals surface area contributed by atoms with Crippen LogP contribution in [0.1, 0.15) is 56.0 Å². The Bertz CT molecular complexity index is 557. The van der Waals surface area contributed by atoms with Gasteiger partial charge in [0.2, 0.25) is 0 Å². The Labute approximate surface area is 138 Å². The van der Waals surface area contributed by atoms with Gasteiger partial charge in [0.1, 0.15) is 5.60 Å². The van der Waals surface area contributed by atoms with Crippen LogP contribution in [-0.4, -0.2) is 35.6 Å². The highest BCUT2D eigenvalue weighted by molar-refractivity contribution is 5.94. The van der Waals surface area contributed by atoms with E-state index in [9.17, 15) is 9.59 Å². The third-order valence-corrected chi connectivity index (χ3v) is 3.98. The molecule has 5 heteroatoms. The molecule has 1 aliphatic carbocycles. The second-order valence-corrected chi connectivity index (χ2v) is 7.05. The maximum atomic E-state index is 12.3. The highest BCUT2D eigenvalue weighted by Crippen LogP contribution is 2.24. The molecule has 0 radical (unpaired) electrons. The average molecular weight is 318 g/mol. The van der Waals surface area contributed by atoms with Crippen molar-refractivity contribution in [3.05, 3.63) is 35.4 Å². The summed E-state index contributed by atoms with van der Waals surface area (Å²) < 4.78 is 5.19. The molecule has 0 saturated heterocycles. The van der Waals surface area contributed by atoms with E-state index >= 15 is 0 Å². The number of nitrogens with zero attached hydrogens (tertiary/aromatic N) is 1. The zero-order chi connectivity index (χ0) is 17.0. The van der Waals surface area contributed by atoms with E-state index in [1.807, 2.05) is 57.0 Å². The maximum absolute atomic E-state index is 12.3. The summed E-state index contributed by atoms with van der Waals surface area (Å²) in [6.45, 7) is 5.85. The van der Waals surface area contributed by atoms with Gasteiger partial charge < -0.3 is 15.0 Å². The summed E-state index contributed by atoms with van der Waals surface area (Å²) in [6.07, 6.45) is 2.96. The molecule has 0 atom stereocenters. The quantitative estimate of drug-likeness (QED) is 0.926. The summed E-state index contributed by atoms with van der Waals surface area (Å²) in [7, 11) is 1.87. The third-order valence-electron chi connectivity index (χ3n) is 3.98. The molecule has 23 heavy (non-hydrogen) atoms. The van der Waals surface area contributed by atoms with Crippen molar-refractivity contribution in [3.8, 4) is 0 Å². The van der Waals surface area contributed by atoms with Gasteiger partial charge in [0.25, 0.3) is 5.91 Å². The van der Waals surface area contributed by atoms with Gasteiger partial charge in [-0.05, 0) is 57.7 Å². The van der Waals surface area contributed by atoms with E-state index in [0.29, 0.717) is 18.2 Å². The number of hydrogen-bond donors (Lipinski definition) is 1. The maximum Gasteiger partial charge on any atom is 0.407 e. The number of rotatable bonds is 4. The number of alkyl carbamates (subject to hydrolysis) is 1. The lowest BCUT2D eigenvalue weighted by Crippen LogP contribution is -2.41. The zero-order valence-corrected chi connectivity index (χ0v) is 14.4. The number of benzene rings is 1. The number of ether oxygens (including phenoxy) is 1. The van der Waals surface area contributed by atoms with E-state index in [-0.39, 0.29) is 5.91 Å². The van der Waals surface area contributed by atoms with Gasteiger partial charge in [0.05, 0.1) is 0 Å². The van der Waals surface area contributed by atoms with E-state index in [0.717, 1.165) is 18.4 Å². The van der Waals surface area contributed by atoms with Gasteiger partial charge in [-0.15, -0.1) is 0 Å². The van der Waals surface area contributed by atoms with Gasteiger partial charge in [0, 0.05) is 25.2 Å². The number of carbonyl (C=O) groups is 2. The second kappa shape index (κ2) is 7.02. The van der Waals surface area contributed by atoms with Crippen LogP contribution in [0.25, 0.3) is 0 Å². The number of carbonyl (C=O) groups excluding carboxylic acids is 2. The van der Waals surface area contributed by atoms with E-state index in [1.165, 1.54) is 6.42 Å². The monoisotopic (exact) mass is 318 g/mol. The largest absolute Gasteiger partial charge is 0.444 e. The lowest BCUT2D eigenvalue weighted by atomic mass is 9.91. The number of nitrogens with one attached hydrogen (secondary N) is 1. The van der Waals surface area contributed by atoms with Crippen molar-refractivity contribution in [2.45, 2.75) is 58.2 Å². The molecule has 1 saturated carbocycles. The molecule has 1 aromatic rings. The zero-order valence-electron chi connectivity index (χ0n) is 14.4. The highest BCUT2D eigenvalue weighted by Gasteiger charge is 2.26. The fourth-order valence-corrected chi connectivity index (χ4v) is 2.40. The van der Waals surface area contributed by atoms with Gasteiger partial charge in [0.15, 0.2) is 0 Å². The Kier molecular flexibility index (Phi) is 5.29. The Balaban J connectivity index is 1.86. The van der Waals surface area contributed by atoms with Crippen molar-refractivity contribution in [3.63, 3.8) is 0 Å². The Hall–Kier alpha value is -2.04. The standard InChI is InChI=1S/C18H26N2O3/c1-18(2,3)23-17(22)19-12-13-8-10-14(11-9-13)16(21)20(4)15-6-5-7-15/h8-11,15H,5-7,12H2,1-4H3,(H,19,22). The summed E-state index contributed by atoms with van der Waals surface area (Å²) in [5.74, 6) is 0.0568. The van der Waals surface area contributed by atoms with Crippen LogP contribution in [0, 0.1) is 0 Å². The van der Waals surface area contributed by atoms with Crippen molar-refractivity contribution in [2.24, 2.45) is 0 Å². The van der Waals surface area contributed by atoms with Crippen LogP contribution in [0.5, 0.6) is 0 Å². The lowest BCUT2D eigenvalue weighted by molar-refractivity contribution is 0.0522. The third kappa shape index (κ3) is 4.98. The molecule has 2 rings (SSSR count). The Morgan fingerprint density at radius 3 is 2.30 bits per heavy atom. The molecule has 0 aromatic heterocycles. The molecule has 1 aromatic carbocycles. The first-order chi connectivity index (χ1) is 10.8. The Morgan fingerprint density at radius 2 is 1.83 bits per heavy atom. The van der Waals surface area contributed by atoms with Crippen LogP contribution >= 0.6 is 0 Å². The van der Waals surface area contributed by atoms with Crippen LogP contribution in [-0.2, 0) is 11.3 Å². The van der Waals surface area contributed by atoms with Gasteiger partial charge in [-0.25, -0.2) is 4.79 Å². The molecule has 1 aliphatic rings. The van der Waals surface area contributed by atoms with Crippen molar-refractivity contribution in [1.82, 2.24) is 10.2 Å². The molecular weight excluding hydrogens is 292 g/mol. The Morgan fingerprint density at radius 1 is 1.22 bits per heavy atom. The van der Waals surface area contributed by atoms with Gasteiger partial charge in [-0.1, -0.05) is 12.1 Å². The minimum Gasteiger partial charge on any atom is -0.444 e. The van der Waals surface area contributed by atoms with E-state index in [2.05, 4.69) is 5.32 Å². The molecule has 0 unspecified atom stereocenters. The first kappa shape index (κ1) is 17.3. The van der Waals surface area contributed by atoms with Gasteiger partial charge >= 0.3 is 6.09 Å². The van der Waals surface area contributed by atoms with Crippen molar-refractivity contribution < 1.29 is 14.3 Å². The summed E-state index contributed by atoms with van der Waals surface area (Å²) in [4.78, 5) is 25.8. The number of hydrogen-bond acceptors (Lipinski definition) is 3. The summed E-state index contributed by atoms with van der Waals surface area (Å²) >= 11 is 0. The number of amides is 2. The molecule has 1 N–H and O–H groups in total. The van der Waals surface area contributed by atoms with E-state index < -0.39 is 11.7 Å². The molecular formula is C18H26N2O3. The van der Waals surface area contributed by atoms with Crippen LogP contribution < -0.4 is 5.32 Å². The predicted molar refractivity (Wildman–Crippen MR) is 89.2 cm³/mol. The molecule has 0 heterocycles. The van der Waals surface area contributed by atoms with Crippen molar-refractivity contribution in [1.29, 1.82) is 0 Å². The topological polar surface area (TPSA) is 58.6 Å². The minimum absolute atomic E-state index is 0.0568. The van der Waals surface area contributed by atoms with Crippen LogP contribution in [0.2, 0.25) is 0 Å². The van der Waals surface area contributed by atoms with Crippen LogP contribution in [0.4, 0.5) is 4.79 Å². The molecule has 0 aliphatic heterocycles.